The molecule has 2 rings (SSSR count). The second-order valence-electron chi connectivity index (χ2n) is 6.56. The molecule has 0 aliphatic heterocycles. The molecule has 0 fully saturated rings. The standard InChI is InChI=1S/C20H23NO2/c1-6-14-21(19(22)23-20(3,4)5)15(2)17-13-9-11-16-10-7-8-12-18(16)17/h1,7-13,15H,14H2,2-5H3. The molecule has 0 bridgehead atoms. The predicted molar refractivity (Wildman–Crippen MR) is 94.1 cm³/mol. The molecule has 1 atom stereocenters. The van der Waals surface area contributed by atoms with Crippen molar-refractivity contribution in [2.24, 2.45) is 0 Å². The zero-order chi connectivity index (χ0) is 17.0. The number of rotatable bonds is 3. The SMILES string of the molecule is C#CCN(C(=O)OC(C)(C)C)C(C)c1cccc2ccccc12. The molecule has 0 heterocycles. The van der Waals surface area contributed by atoms with Gasteiger partial charge in [-0.2, -0.15) is 0 Å². The fourth-order valence-electron chi connectivity index (χ4n) is 2.56. The number of nitrogens with zero attached hydrogens (tertiary/aromatic N) is 1. The molecular weight excluding hydrogens is 286 g/mol. The minimum atomic E-state index is -0.553. The van der Waals surface area contributed by atoms with Crippen molar-refractivity contribution in [2.45, 2.75) is 39.3 Å². The first-order valence-electron chi connectivity index (χ1n) is 7.74. The Balaban J connectivity index is 2.39. The zero-order valence-electron chi connectivity index (χ0n) is 14.2. The third-order valence-corrected chi connectivity index (χ3v) is 3.63. The molecular formula is C20H23NO2. The van der Waals surface area contributed by atoms with E-state index in [4.69, 9.17) is 11.2 Å². The van der Waals surface area contributed by atoms with Gasteiger partial charge in [0.1, 0.15) is 5.60 Å². The molecule has 0 saturated carbocycles. The Morgan fingerprint density at radius 1 is 1.22 bits per heavy atom. The Morgan fingerprint density at radius 3 is 2.52 bits per heavy atom. The molecule has 23 heavy (non-hydrogen) atoms. The van der Waals surface area contributed by atoms with Crippen molar-refractivity contribution in [1.82, 2.24) is 4.90 Å². The Hall–Kier alpha value is -2.47. The van der Waals surface area contributed by atoms with E-state index in [-0.39, 0.29) is 12.6 Å². The number of ether oxygens (including phenoxy) is 1. The number of hydrogen-bond acceptors (Lipinski definition) is 2. The lowest BCUT2D eigenvalue weighted by atomic mass is 9.99. The summed E-state index contributed by atoms with van der Waals surface area (Å²) in [6.07, 6.45) is 5.07. The van der Waals surface area contributed by atoms with Gasteiger partial charge in [0.05, 0.1) is 12.6 Å². The molecule has 0 saturated heterocycles. The molecule has 1 unspecified atom stereocenters. The highest BCUT2D eigenvalue weighted by Gasteiger charge is 2.27. The van der Waals surface area contributed by atoms with E-state index in [1.165, 1.54) is 0 Å². The van der Waals surface area contributed by atoms with Crippen LogP contribution in [0.1, 0.15) is 39.3 Å². The molecule has 120 valence electrons. The van der Waals surface area contributed by atoms with E-state index in [0.29, 0.717) is 0 Å². The van der Waals surface area contributed by atoms with Gasteiger partial charge in [-0.15, -0.1) is 6.42 Å². The number of carbonyl (C=O) groups is 1. The van der Waals surface area contributed by atoms with Gasteiger partial charge in [0.2, 0.25) is 0 Å². The van der Waals surface area contributed by atoms with Crippen molar-refractivity contribution in [3.05, 3.63) is 48.0 Å². The summed E-state index contributed by atoms with van der Waals surface area (Å²) < 4.78 is 5.50. The first-order valence-corrected chi connectivity index (χ1v) is 7.74. The van der Waals surface area contributed by atoms with E-state index < -0.39 is 11.7 Å². The van der Waals surface area contributed by atoms with Crippen molar-refractivity contribution in [3.8, 4) is 12.3 Å². The van der Waals surface area contributed by atoms with Gasteiger partial charge in [-0.05, 0) is 44.0 Å². The monoisotopic (exact) mass is 309 g/mol. The average Bonchev–Trinajstić information content (AvgIpc) is 2.49. The third kappa shape index (κ3) is 4.04. The van der Waals surface area contributed by atoms with E-state index in [2.05, 4.69) is 24.1 Å². The van der Waals surface area contributed by atoms with Crippen molar-refractivity contribution >= 4 is 16.9 Å². The molecule has 0 radical (unpaired) electrons. The van der Waals surface area contributed by atoms with E-state index in [0.717, 1.165) is 16.3 Å². The molecule has 3 heteroatoms. The lowest BCUT2D eigenvalue weighted by molar-refractivity contribution is 0.0206. The molecule has 2 aromatic rings. The van der Waals surface area contributed by atoms with Gasteiger partial charge in [0, 0.05) is 0 Å². The zero-order valence-corrected chi connectivity index (χ0v) is 14.2. The average molecular weight is 309 g/mol. The van der Waals surface area contributed by atoms with Crippen LogP contribution in [0, 0.1) is 12.3 Å². The topological polar surface area (TPSA) is 29.5 Å². The lowest BCUT2D eigenvalue weighted by Crippen LogP contribution is -2.38. The first-order chi connectivity index (χ1) is 10.8. The van der Waals surface area contributed by atoms with Crippen LogP contribution in [0.4, 0.5) is 4.79 Å². The van der Waals surface area contributed by atoms with E-state index in [1.54, 1.807) is 4.90 Å². The summed E-state index contributed by atoms with van der Waals surface area (Å²) >= 11 is 0. The van der Waals surface area contributed by atoms with Crippen LogP contribution in [0.2, 0.25) is 0 Å². The van der Waals surface area contributed by atoms with Crippen LogP contribution in [0.25, 0.3) is 10.8 Å². The second kappa shape index (κ2) is 6.75. The third-order valence-electron chi connectivity index (χ3n) is 3.63. The van der Waals surface area contributed by atoms with Crippen molar-refractivity contribution in [1.29, 1.82) is 0 Å². The summed E-state index contributed by atoms with van der Waals surface area (Å²) in [4.78, 5) is 14.1. The Labute approximate surface area is 138 Å². The van der Waals surface area contributed by atoms with Gasteiger partial charge in [-0.25, -0.2) is 4.79 Å². The number of fused-ring (bicyclic) bond motifs is 1. The summed E-state index contributed by atoms with van der Waals surface area (Å²) in [7, 11) is 0. The Morgan fingerprint density at radius 2 is 1.87 bits per heavy atom. The van der Waals surface area contributed by atoms with Crippen molar-refractivity contribution in [3.63, 3.8) is 0 Å². The van der Waals surface area contributed by atoms with Gasteiger partial charge in [0.25, 0.3) is 0 Å². The van der Waals surface area contributed by atoms with Crippen LogP contribution >= 0.6 is 0 Å². The van der Waals surface area contributed by atoms with Crippen LogP contribution in [0.15, 0.2) is 42.5 Å². The van der Waals surface area contributed by atoms with Gasteiger partial charge < -0.3 is 4.74 Å². The Kier molecular flexibility index (Phi) is 4.95. The number of benzene rings is 2. The maximum absolute atomic E-state index is 12.5. The van der Waals surface area contributed by atoms with Gasteiger partial charge in [-0.1, -0.05) is 48.4 Å². The van der Waals surface area contributed by atoms with E-state index >= 15 is 0 Å². The highest BCUT2D eigenvalue weighted by Crippen LogP contribution is 2.29. The van der Waals surface area contributed by atoms with Crippen LogP contribution in [-0.2, 0) is 4.74 Å². The largest absolute Gasteiger partial charge is 0.444 e. The van der Waals surface area contributed by atoms with E-state index in [9.17, 15) is 4.79 Å². The van der Waals surface area contributed by atoms with Crippen LogP contribution in [-0.4, -0.2) is 23.1 Å². The normalized spacial score (nSPS) is 12.5. The van der Waals surface area contributed by atoms with Crippen molar-refractivity contribution in [2.75, 3.05) is 6.54 Å². The maximum atomic E-state index is 12.5. The summed E-state index contributed by atoms with van der Waals surface area (Å²) in [5.74, 6) is 2.56. The molecule has 0 aromatic heterocycles. The molecule has 1 amide bonds. The number of hydrogen-bond donors (Lipinski definition) is 0. The molecule has 0 spiro atoms. The maximum Gasteiger partial charge on any atom is 0.411 e. The summed E-state index contributed by atoms with van der Waals surface area (Å²) in [5, 5.41) is 2.26. The quantitative estimate of drug-likeness (QED) is 0.764. The first kappa shape index (κ1) is 16.9. The van der Waals surface area contributed by atoms with Crippen molar-refractivity contribution < 1.29 is 9.53 Å². The smallest absolute Gasteiger partial charge is 0.411 e. The number of terminal acetylenes is 1. The lowest BCUT2D eigenvalue weighted by Gasteiger charge is -2.31. The summed E-state index contributed by atoms with van der Waals surface area (Å²) in [6, 6.07) is 14.0. The Bertz CT molecular complexity index is 732. The molecule has 0 aliphatic rings. The van der Waals surface area contributed by atoms with E-state index in [1.807, 2.05) is 52.0 Å². The molecule has 0 aliphatic carbocycles. The molecule has 0 N–H and O–H groups in total. The highest BCUT2D eigenvalue weighted by molar-refractivity contribution is 5.86. The van der Waals surface area contributed by atoms with Gasteiger partial charge in [-0.3, -0.25) is 4.90 Å². The fourth-order valence-corrected chi connectivity index (χ4v) is 2.56. The fraction of sp³-hybridized carbons (Fsp3) is 0.350. The molecule has 3 nitrogen and oxygen atoms in total. The van der Waals surface area contributed by atoms with Crippen LogP contribution in [0.3, 0.4) is 0 Å². The predicted octanol–water partition coefficient (Wildman–Crippen LogP) is 4.77. The van der Waals surface area contributed by atoms with Gasteiger partial charge in [0.15, 0.2) is 0 Å². The molecule has 2 aromatic carbocycles. The minimum absolute atomic E-state index is 0.174. The summed E-state index contributed by atoms with van der Waals surface area (Å²) in [5.41, 5.74) is 0.506. The minimum Gasteiger partial charge on any atom is -0.444 e. The van der Waals surface area contributed by atoms with Gasteiger partial charge >= 0.3 is 6.09 Å². The highest BCUT2D eigenvalue weighted by atomic mass is 16.6. The number of carbonyl (C=O) groups excluding carboxylic acids is 1. The van der Waals surface area contributed by atoms with Crippen LogP contribution < -0.4 is 0 Å². The number of amides is 1. The summed E-state index contributed by atoms with van der Waals surface area (Å²) in [6.45, 7) is 7.73. The van der Waals surface area contributed by atoms with Crippen LogP contribution in [0.5, 0.6) is 0 Å². The second-order valence-corrected chi connectivity index (χ2v) is 6.56.